The summed E-state index contributed by atoms with van der Waals surface area (Å²) in [7, 11) is 3.89. The maximum absolute atomic E-state index is 13.2. The van der Waals surface area contributed by atoms with Gasteiger partial charge < -0.3 is 19.6 Å². The van der Waals surface area contributed by atoms with E-state index in [0.717, 1.165) is 12.1 Å². The van der Waals surface area contributed by atoms with Crippen molar-refractivity contribution in [1.82, 2.24) is 9.80 Å². The zero-order chi connectivity index (χ0) is 25.9. The van der Waals surface area contributed by atoms with Crippen LogP contribution in [0.25, 0.3) is 5.76 Å². The molecule has 1 saturated heterocycles. The van der Waals surface area contributed by atoms with Gasteiger partial charge in [0.25, 0.3) is 11.7 Å². The van der Waals surface area contributed by atoms with Gasteiger partial charge in [0.1, 0.15) is 11.5 Å². The van der Waals surface area contributed by atoms with E-state index in [1.54, 1.807) is 30.3 Å². The average molecular weight is 519 g/mol. The Kier molecular flexibility index (Phi) is 8.86. The van der Waals surface area contributed by atoms with Crippen LogP contribution in [0.3, 0.4) is 0 Å². The van der Waals surface area contributed by atoms with E-state index in [0.29, 0.717) is 52.4 Å². The van der Waals surface area contributed by atoms with E-state index < -0.39 is 17.7 Å². The van der Waals surface area contributed by atoms with Gasteiger partial charge >= 0.3 is 0 Å². The van der Waals surface area contributed by atoms with E-state index in [-0.39, 0.29) is 11.3 Å². The Morgan fingerprint density at radius 1 is 1.11 bits per heavy atom. The number of benzene rings is 2. The first-order valence-corrected chi connectivity index (χ1v) is 12.4. The summed E-state index contributed by atoms with van der Waals surface area (Å²) in [6.45, 7) is 7.62. The van der Waals surface area contributed by atoms with Gasteiger partial charge in [0, 0.05) is 12.1 Å². The summed E-state index contributed by atoms with van der Waals surface area (Å²) in [4.78, 5) is 29.8. The van der Waals surface area contributed by atoms with E-state index in [2.05, 4.69) is 13.8 Å². The lowest BCUT2D eigenvalue weighted by Crippen LogP contribution is -2.32. The second kappa shape index (κ2) is 11.5. The highest BCUT2D eigenvalue weighted by molar-refractivity contribution is 6.47. The molecule has 0 bridgehead atoms. The SMILES string of the molecule is Cc1cc(OCC(C)C)ccc1C(O)=C1C(=O)C(=O)N(CCCN(C)C)[C@@H]1c1ccc(Cl)c(Cl)c1. The van der Waals surface area contributed by atoms with Gasteiger partial charge in [0.15, 0.2) is 0 Å². The third kappa shape index (κ3) is 6.18. The molecule has 1 amide bonds. The molecule has 2 aromatic carbocycles. The highest BCUT2D eigenvalue weighted by atomic mass is 35.5. The van der Waals surface area contributed by atoms with Crippen molar-refractivity contribution in [2.45, 2.75) is 33.2 Å². The number of rotatable bonds is 9. The van der Waals surface area contributed by atoms with Crippen molar-refractivity contribution in [2.75, 3.05) is 33.8 Å². The number of aliphatic hydroxyl groups excluding tert-OH is 1. The summed E-state index contributed by atoms with van der Waals surface area (Å²) in [5.74, 6) is -0.530. The molecule has 1 aliphatic rings. The quantitative estimate of drug-likeness (QED) is 0.261. The maximum atomic E-state index is 13.2. The molecule has 3 rings (SSSR count). The number of aliphatic hydroxyl groups is 1. The molecule has 0 aromatic heterocycles. The zero-order valence-electron chi connectivity index (χ0n) is 20.8. The van der Waals surface area contributed by atoms with Gasteiger partial charge in [-0.3, -0.25) is 9.59 Å². The summed E-state index contributed by atoms with van der Waals surface area (Å²) in [5.41, 5.74) is 1.85. The number of Topliss-reactive ketones (excluding diaryl/α,β-unsaturated/α-hetero) is 1. The van der Waals surface area contributed by atoms with Crippen LogP contribution in [0.4, 0.5) is 0 Å². The Labute approximate surface area is 217 Å². The minimum atomic E-state index is -0.775. The Hall–Kier alpha value is -2.54. The molecular weight excluding hydrogens is 487 g/mol. The first kappa shape index (κ1) is 27.1. The largest absolute Gasteiger partial charge is 0.507 e. The molecular formula is C27H32Cl2N2O4. The van der Waals surface area contributed by atoms with Crippen LogP contribution >= 0.6 is 23.2 Å². The summed E-state index contributed by atoms with van der Waals surface area (Å²) in [5, 5.41) is 12.0. The summed E-state index contributed by atoms with van der Waals surface area (Å²) in [6, 6.07) is 9.51. The lowest BCUT2D eigenvalue weighted by atomic mass is 9.94. The molecule has 2 aromatic rings. The zero-order valence-corrected chi connectivity index (χ0v) is 22.3. The normalized spacial score (nSPS) is 17.6. The highest BCUT2D eigenvalue weighted by Crippen LogP contribution is 2.41. The van der Waals surface area contributed by atoms with Crippen LogP contribution in [0.1, 0.15) is 43.0 Å². The fourth-order valence-electron chi connectivity index (χ4n) is 4.10. The fraction of sp³-hybridized carbons (Fsp3) is 0.407. The monoisotopic (exact) mass is 518 g/mol. The molecule has 1 N–H and O–H groups in total. The van der Waals surface area contributed by atoms with Gasteiger partial charge in [-0.1, -0.05) is 43.1 Å². The van der Waals surface area contributed by atoms with Crippen molar-refractivity contribution < 1.29 is 19.4 Å². The summed E-state index contributed by atoms with van der Waals surface area (Å²) >= 11 is 12.4. The molecule has 188 valence electrons. The van der Waals surface area contributed by atoms with E-state index in [9.17, 15) is 14.7 Å². The molecule has 1 fully saturated rings. The number of ether oxygens (including phenoxy) is 1. The van der Waals surface area contributed by atoms with Crippen molar-refractivity contribution >= 4 is 40.7 Å². The molecule has 6 nitrogen and oxygen atoms in total. The number of hydrogen-bond donors (Lipinski definition) is 1. The number of aryl methyl sites for hydroxylation is 1. The smallest absolute Gasteiger partial charge is 0.295 e. The van der Waals surface area contributed by atoms with Crippen molar-refractivity contribution in [1.29, 1.82) is 0 Å². The van der Waals surface area contributed by atoms with E-state index in [1.807, 2.05) is 32.0 Å². The van der Waals surface area contributed by atoms with Gasteiger partial charge in [0.2, 0.25) is 0 Å². The van der Waals surface area contributed by atoms with Crippen molar-refractivity contribution in [3.05, 3.63) is 68.7 Å². The number of nitrogens with zero attached hydrogens (tertiary/aromatic N) is 2. The maximum Gasteiger partial charge on any atom is 0.295 e. The molecule has 1 heterocycles. The summed E-state index contributed by atoms with van der Waals surface area (Å²) < 4.78 is 5.78. The topological polar surface area (TPSA) is 70.1 Å². The van der Waals surface area contributed by atoms with E-state index in [1.165, 1.54) is 4.90 Å². The number of ketones is 1. The van der Waals surface area contributed by atoms with Crippen LogP contribution in [0.5, 0.6) is 5.75 Å². The molecule has 35 heavy (non-hydrogen) atoms. The number of hydrogen-bond acceptors (Lipinski definition) is 5. The first-order chi connectivity index (χ1) is 16.5. The van der Waals surface area contributed by atoms with Crippen LogP contribution in [0.2, 0.25) is 10.0 Å². The number of halogens is 2. The van der Waals surface area contributed by atoms with E-state index in [4.69, 9.17) is 27.9 Å². The van der Waals surface area contributed by atoms with Gasteiger partial charge in [-0.25, -0.2) is 0 Å². The molecule has 0 aliphatic carbocycles. The van der Waals surface area contributed by atoms with Crippen LogP contribution in [-0.2, 0) is 9.59 Å². The highest BCUT2D eigenvalue weighted by Gasteiger charge is 2.46. The Morgan fingerprint density at radius 2 is 1.83 bits per heavy atom. The van der Waals surface area contributed by atoms with Crippen molar-refractivity contribution in [3.8, 4) is 5.75 Å². The lowest BCUT2D eigenvalue weighted by Gasteiger charge is -2.26. The number of carbonyl (C=O) groups is 2. The number of carbonyl (C=O) groups excluding carboxylic acids is 2. The Morgan fingerprint density at radius 3 is 2.43 bits per heavy atom. The molecule has 0 saturated carbocycles. The van der Waals surface area contributed by atoms with Crippen LogP contribution in [-0.4, -0.2) is 60.4 Å². The second-order valence-electron chi connectivity index (χ2n) is 9.50. The number of amides is 1. The molecule has 8 heteroatoms. The van der Waals surface area contributed by atoms with Crippen molar-refractivity contribution in [2.24, 2.45) is 5.92 Å². The molecule has 0 radical (unpaired) electrons. The van der Waals surface area contributed by atoms with Gasteiger partial charge in [-0.2, -0.15) is 0 Å². The standard InChI is InChI=1S/C27H32Cl2N2O4/c1-16(2)15-35-19-8-9-20(17(3)13-19)25(32)23-24(18-7-10-21(28)22(29)14-18)31(27(34)26(23)33)12-6-11-30(4)5/h7-10,13-14,16,24,32H,6,11-12,15H2,1-5H3/t24-/m1/s1. The summed E-state index contributed by atoms with van der Waals surface area (Å²) in [6.07, 6.45) is 0.665. The predicted molar refractivity (Wildman–Crippen MR) is 140 cm³/mol. The van der Waals surface area contributed by atoms with Crippen LogP contribution < -0.4 is 4.74 Å². The van der Waals surface area contributed by atoms with Gasteiger partial charge in [-0.15, -0.1) is 0 Å². The molecule has 1 aliphatic heterocycles. The van der Waals surface area contributed by atoms with Crippen molar-refractivity contribution in [3.63, 3.8) is 0 Å². The lowest BCUT2D eigenvalue weighted by molar-refractivity contribution is -0.139. The third-order valence-corrected chi connectivity index (χ3v) is 6.58. The molecule has 0 unspecified atom stereocenters. The fourth-order valence-corrected chi connectivity index (χ4v) is 4.40. The predicted octanol–water partition coefficient (Wildman–Crippen LogP) is 5.71. The van der Waals surface area contributed by atoms with Crippen LogP contribution in [0.15, 0.2) is 42.0 Å². The first-order valence-electron chi connectivity index (χ1n) is 11.6. The van der Waals surface area contributed by atoms with Gasteiger partial charge in [-0.05, 0) is 81.4 Å². The van der Waals surface area contributed by atoms with Crippen LogP contribution in [0, 0.1) is 12.8 Å². The minimum Gasteiger partial charge on any atom is -0.507 e. The third-order valence-electron chi connectivity index (χ3n) is 5.84. The second-order valence-corrected chi connectivity index (χ2v) is 10.3. The average Bonchev–Trinajstić information content (AvgIpc) is 3.04. The minimum absolute atomic E-state index is 0.0391. The Bertz CT molecular complexity index is 1140. The molecule has 1 atom stereocenters. The number of likely N-dealkylation sites (tertiary alicyclic amines) is 1. The van der Waals surface area contributed by atoms with E-state index >= 15 is 0 Å². The Balaban J connectivity index is 2.08. The van der Waals surface area contributed by atoms with Gasteiger partial charge in [0.05, 0.1) is 28.3 Å². The molecule has 0 spiro atoms.